The van der Waals surface area contributed by atoms with Crippen molar-refractivity contribution in [2.45, 2.75) is 6.92 Å². The Morgan fingerprint density at radius 1 is 1.14 bits per heavy atom. The number of hydrogen-bond acceptors (Lipinski definition) is 5. The molecule has 0 atom stereocenters. The number of aromatic nitrogens is 1. The van der Waals surface area contributed by atoms with Gasteiger partial charge in [0.1, 0.15) is 5.82 Å². The standard InChI is InChI=1S/C15H11N3O4/c1-7(19)8-4-2-3-5-10(8)18-11(20)6-9-12(13(18)16)15(22)17-14(9)21/h2-6H,16H2,1H3,(H,17,21,22). The van der Waals surface area contributed by atoms with Crippen LogP contribution in [0, 0.1) is 0 Å². The van der Waals surface area contributed by atoms with E-state index in [2.05, 4.69) is 5.32 Å². The zero-order chi connectivity index (χ0) is 16.0. The Hall–Kier alpha value is -3.22. The summed E-state index contributed by atoms with van der Waals surface area (Å²) in [5.74, 6) is -1.73. The number of nitrogens with zero attached hydrogens (tertiary/aromatic N) is 1. The predicted octanol–water partition coefficient (Wildman–Crippen LogP) is 0.506. The number of anilines is 1. The summed E-state index contributed by atoms with van der Waals surface area (Å²) >= 11 is 0. The van der Waals surface area contributed by atoms with Gasteiger partial charge in [-0.25, -0.2) is 0 Å². The first-order chi connectivity index (χ1) is 10.4. The van der Waals surface area contributed by atoms with Crippen molar-refractivity contribution < 1.29 is 14.4 Å². The van der Waals surface area contributed by atoms with Crippen molar-refractivity contribution in [2.24, 2.45) is 0 Å². The largest absolute Gasteiger partial charge is 0.384 e. The molecular formula is C15H11N3O4. The minimum absolute atomic E-state index is 0.0518. The van der Waals surface area contributed by atoms with Gasteiger partial charge in [0.15, 0.2) is 5.78 Å². The normalized spacial score (nSPS) is 13.0. The van der Waals surface area contributed by atoms with Gasteiger partial charge < -0.3 is 5.73 Å². The first-order valence-corrected chi connectivity index (χ1v) is 6.43. The summed E-state index contributed by atoms with van der Waals surface area (Å²) in [6, 6.07) is 7.46. The molecule has 7 heteroatoms. The van der Waals surface area contributed by atoms with Crippen LogP contribution in [0.4, 0.5) is 5.82 Å². The lowest BCUT2D eigenvalue weighted by atomic mass is 10.1. The number of nitrogen functional groups attached to an aromatic ring is 1. The number of carbonyl (C=O) groups is 3. The van der Waals surface area contributed by atoms with Gasteiger partial charge in [-0.15, -0.1) is 0 Å². The second kappa shape index (κ2) is 4.66. The van der Waals surface area contributed by atoms with E-state index in [1.807, 2.05) is 0 Å². The van der Waals surface area contributed by atoms with Crippen molar-refractivity contribution in [1.29, 1.82) is 0 Å². The maximum atomic E-state index is 12.3. The minimum Gasteiger partial charge on any atom is -0.384 e. The molecule has 22 heavy (non-hydrogen) atoms. The quantitative estimate of drug-likeness (QED) is 0.619. The van der Waals surface area contributed by atoms with Gasteiger partial charge in [-0.05, 0) is 19.1 Å². The summed E-state index contributed by atoms with van der Waals surface area (Å²) in [5, 5.41) is 2.09. The second-order valence-corrected chi connectivity index (χ2v) is 4.85. The lowest BCUT2D eigenvalue weighted by Crippen LogP contribution is -2.25. The van der Waals surface area contributed by atoms with E-state index in [0.29, 0.717) is 5.56 Å². The highest BCUT2D eigenvalue weighted by atomic mass is 16.2. The lowest BCUT2D eigenvalue weighted by Gasteiger charge is -2.14. The molecule has 110 valence electrons. The van der Waals surface area contributed by atoms with Crippen molar-refractivity contribution in [3.63, 3.8) is 0 Å². The molecule has 0 saturated heterocycles. The van der Waals surface area contributed by atoms with Crippen LogP contribution in [-0.2, 0) is 0 Å². The maximum Gasteiger partial charge on any atom is 0.262 e. The number of nitrogens with one attached hydrogen (secondary N) is 1. The number of ketones is 1. The second-order valence-electron chi connectivity index (χ2n) is 4.85. The molecule has 3 rings (SSSR count). The van der Waals surface area contributed by atoms with Crippen molar-refractivity contribution >= 4 is 23.4 Å². The third-order valence-electron chi connectivity index (χ3n) is 3.48. The number of carbonyl (C=O) groups excluding carboxylic acids is 3. The van der Waals surface area contributed by atoms with Crippen LogP contribution < -0.4 is 16.6 Å². The monoisotopic (exact) mass is 297 g/mol. The molecule has 0 unspecified atom stereocenters. The van der Waals surface area contributed by atoms with E-state index >= 15 is 0 Å². The highest BCUT2D eigenvalue weighted by molar-refractivity contribution is 6.23. The fourth-order valence-corrected chi connectivity index (χ4v) is 2.49. The molecular weight excluding hydrogens is 286 g/mol. The van der Waals surface area contributed by atoms with E-state index in [9.17, 15) is 19.2 Å². The Kier molecular flexibility index (Phi) is 2.91. The molecule has 2 heterocycles. The van der Waals surface area contributed by atoms with E-state index in [-0.39, 0.29) is 28.4 Å². The summed E-state index contributed by atoms with van der Waals surface area (Å²) in [7, 11) is 0. The molecule has 3 N–H and O–H groups in total. The SMILES string of the molecule is CC(=O)c1ccccc1-n1c(N)c2c(cc1=O)C(=O)NC2=O. The molecule has 1 aliphatic rings. The molecule has 1 aromatic heterocycles. The molecule has 0 radical (unpaired) electrons. The number of Topliss-reactive ketones (excluding diaryl/α,β-unsaturated/α-hetero) is 1. The summed E-state index contributed by atoms with van der Waals surface area (Å²) in [4.78, 5) is 47.5. The summed E-state index contributed by atoms with van der Waals surface area (Å²) in [6.07, 6.45) is 0. The van der Waals surface area contributed by atoms with Crippen molar-refractivity contribution in [3.8, 4) is 5.69 Å². The zero-order valence-corrected chi connectivity index (χ0v) is 11.5. The molecule has 2 aromatic rings. The van der Waals surface area contributed by atoms with Gasteiger partial charge in [-0.1, -0.05) is 12.1 Å². The van der Waals surface area contributed by atoms with E-state index in [1.165, 1.54) is 6.92 Å². The van der Waals surface area contributed by atoms with Gasteiger partial charge in [-0.2, -0.15) is 0 Å². The van der Waals surface area contributed by atoms with Gasteiger partial charge in [0.2, 0.25) is 0 Å². The zero-order valence-electron chi connectivity index (χ0n) is 11.5. The molecule has 0 bridgehead atoms. The number of rotatable bonds is 2. The van der Waals surface area contributed by atoms with Crippen molar-refractivity contribution in [3.05, 3.63) is 57.4 Å². The first kappa shape index (κ1) is 13.7. The molecule has 7 nitrogen and oxygen atoms in total. The number of fused-ring (bicyclic) bond motifs is 1. The van der Waals surface area contributed by atoms with Crippen LogP contribution in [0.15, 0.2) is 35.1 Å². The number of pyridine rings is 1. The van der Waals surface area contributed by atoms with Crippen LogP contribution in [0.2, 0.25) is 0 Å². The van der Waals surface area contributed by atoms with Crippen LogP contribution >= 0.6 is 0 Å². The third-order valence-corrected chi connectivity index (χ3v) is 3.48. The number of benzene rings is 1. The van der Waals surface area contributed by atoms with Crippen LogP contribution in [0.25, 0.3) is 5.69 Å². The summed E-state index contributed by atoms with van der Waals surface area (Å²) in [5.41, 5.74) is 5.80. The van der Waals surface area contributed by atoms with Crippen LogP contribution in [-0.4, -0.2) is 22.2 Å². The average molecular weight is 297 g/mol. The molecule has 0 fully saturated rings. The number of amides is 2. The smallest absolute Gasteiger partial charge is 0.262 e. The van der Waals surface area contributed by atoms with E-state index < -0.39 is 17.4 Å². The Bertz CT molecular complexity index is 911. The van der Waals surface area contributed by atoms with Gasteiger partial charge >= 0.3 is 0 Å². The fraction of sp³-hybridized carbons (Fsp3) is 0.0667. The van der Waals surface area contributed by atoms with Gasteiger partial charge in [0, 0.05) is 11.6 Å². The van der Waals surface area contributed by atoms with E-state index in [4.69, 9.17) is 5.73 Å². The van der Waals surface area contributed by atoms with Gasteiger partial charge in [-0.3, -0.25) is 29.1 Å². The number of hydrogen-bond donors (Lipinski definition) is 2. The topological polar surface area (TPSA) is 111 Å². The number of imide groups is 1. The van der Waals surface area contributed by atoms with Gasteiger partial charge in [0.25, 0.3) is 17.4 Å². The molecule has 2 amide bonds. The number of nitrogens with two attached hydrogens (primary N) is 1. The molecule has 0 saturated carbocycles. The average Bonchev–Trinajstić information content (AvgIpc) is 2.74. The van der Waals surface area contributed by atoms with E-state index in [0.717, 1.165) is 10.6 Å². The molecule has 1 aromatic carbocycles. The van der Waals surface area contributed by atoms with E-state index in [1.54, 1.807) is 24.3 Å². The Balaban J connectivity index is 2.38. The Morgan fingerprint density at radius 3 is 2.50 bits per heavy atom. The third kappa shape index (κ3) is 1.83. The summed E-state index contributed by atoms with van der Waals surface area (Å²) < 4.78 is 1.06. The predicted molar refractivity (Wildman–Crippen MR) is 78.3 cm³/mol. The minimum atomic E-state index is -0.661. The molecule has 0 spiro atoms. The van der Waals surface area contributed by atoms with Gasteiger partial charge in [0.05, 0.1) is 16.8 Å². The number of para-hydroxylation sites is 1. The molecule has 0 aliphatic carbocycles. The first-order valence-electron chi connectivity index (χ1n) is 6.43. The highest BCUT2D eigenvalue weighted by Gasteiger charge is 2.32. The van der Waals surface area contributed by atoms with Crippen molar-refractivity contribution in [2.75, 3.05) is 5.73 Å². The summed E-state index contributed by atoms with van der Waals surface area (Å²) in [6.45, 7) is 1.36. The maximum absolute atomic E-state index is 12.3. The lowest BCUT2D eigenvalue weighted by molar-refractivity contribution is 0.0879. The van der Waals surface area contributed by atoms with Crippen LogP contribution in [0.5, 0.6) is 0 Å². The van der Waals surface area contributed by atoms with Crippen molar-refractivity contribution in [1.82, 2.24) is 9.88 Å². The fourth-order valence-electron chi connectivity index (χ4n) is 2.49. The molecule has 1 aliphatic heterocycles. The van der Waals surface area contributed by atoms with Crippen LogP contribution in [0.1, 0.15) is 38.0 Å². The van der Waals surface area contributed by atoms with Crippen LogP contribution in [0.3, 0.4) is 0 Å². The highest BCUT2D eigenvalue weighted by Crippen LogP contribution is 2.24. The Morgan fingerprint density at radius 2 is 1.82 bits per heavy atom. The Labute approximate surface area is 124 Å².